The molecule has 1 fully saturated rings. The van der Waals surface area contributed by atoms with Crippen LogP contribution < -0.4 is 0 Å². The largest absolute Gasteiger partial charge is 0.381 e. The van der Waals surface area contributed by atoms with Crippen molar-refractivity contribution in [3.8, 4) is 0 Å². The zero-order chi connectivity index (χ0) is 9.84. The van der Waals surface area contributed by atoms with E-state index in [9.17, 15) is 0 Å². The molecule has 0 aromatic carbocycles. The molecular weight excluding hydrogens is 160 g/mol. The van der Waals surface area contributed by atoms with E-state index < -0.39 is 0 Å². The Hall–Kier alpha value is -0.0400. The quantitative estimate of drug-likeness (QED) is 0.652. The molecule has 0 aromatic heterocycles. The summed E-state index contributed by atoms with van der Waals surface area (Å²) in [6.07, 6.45) is 5.85. The number of ether oxygens (including phenoxy) is 1. The van der Waals surface area contributed by atoms with Crippen LogP contribution in [0.4, 0.5) is 0 Å². The van der Waals surface area contributed by atoms with Crippen molar-refractivity contribution in [2.24, 2.45) is 17.8 Å². The first-order valence-corrected chi connectivity index (χ1v) is 5.68. The van der Waals surface area contributed by atoms with Crippen molar-refractivity contribution in [3.05, 3.63) is 0 Å². The van der Waals surface area contributed by atoms with Crippen LogP contribution in [-0.2, 0) is 4.74 Å². The van der Waals surface area contributed by atoms with Crippen LogP contribution in [0.25, 0.3) is 0 Å². The molecule has 1 nitrogen and oxygen atoms in total. The van der Waals surface area contributed by atoms with E-state index in [1.54, 1.807) is 0 Å². The minimum atomic E-state index is 0.551. The van der Waals surface area contributed by atoms with Crippen molar-refractivity contribution in [3.63, 3.8) is 0 Å². The molecule has 0 spiro atoms. The lowest BCUT2D eigenvalue weighted by atomic mass is 9.75. The smallest absolute Gasteiger partial charge is 0.0571 e. The third-order valence-corrected chi connectivity index (χ3v) is 3.85. The molecule has 1 atom stereocenters. The SMILES string of the molecule is COC1CCC(C(C)C(C)C)CC1. The summed E-state index contributed by atoms with van der Waals surface area (Å²) in [7, 11) is 1.84. The summed E-state index contributed by atoms with van der Waals surface area (Å²) in [5.74, 6) is 2.67. The van der Waals surface area contributed by atoms with Gasteiger partial charge in [0.1, 0.15) is 0 Å². The van der Waals surface area contributed by atoms with Gasteiger partial charge in [0.15, 0.2) is 0 Å². The predicted molar refractivity (Wildman–Crippen MR) is 56.8 cm³/mol. The monoisotopic (exact) mass is 184 g/mol. The summed E-state index contributed by atoms with van der Waals surface area (Å²) in [4.78, 5) is 0. The lowest BCUT2D eigenvalue weighted by molar-refractivity contribution is 0.0432. The van der Waals surface area contributed by atoms with E-state index >= 15 is 0 Å². The Morgan fingerprint density at radius 3 is 1.92 bits per heavy atom. The minimum absolute atomic E-state index is 0.551. The molecule has 0 radical (unpaired) electrons. The van der Waals surface area contributed by atoms with Gasteiger partial charge < -0.3 is 4.74 Å². The number of hydrogen-bond donors (Lipinski definition) is 0. The minimum Gasteiger partial charge on any atom is -0.381 e. The van der Waals surface area contributed by atoms with E-state index in [0.717, 1.165) is 17.8 Å². The van der Waals surface area contributed by atoms with E-state index in [1.165, 1.54) is 25.7 Å². The van der Waals surface area contributed by atoms with Crippen LogP contribution in [0.1, 0.15) is 46.5 Å². The molecule has 0 heterocycles. The average Bonchev–Trinajstić information content (AvgIpc) is 2.17. The Labute approximate surface area is 82.9 Å². The summed E-state index contributed by atoms with van der Waals surface area (Å²) in [6, 6.07) is 0. The van der Waals surface area contributed by atoms with Gasteiger partial charge in [0.2, 0.25) is 0 Å². The van der Waals surface area contributed by atoms with Crippen molar-refractivity contribution in [2.45, 2.75) is 52.6 Å². The second-order valence-corrected chi connectivity index (χ2v) is 4.88. The molecule has 1 saturated carbocycles. The highest BCUT2D eigenvalue weighted by molar-refractivity contribution is 4.77. The molecule has 78 valence electrons. The van der Waals surface area contributed by atoms with Crippen molar-refractivity contribution >= 4 is 0 Å². The normalized spacial score (nSPS) is 32.1. The maximum Gasteiger partial charge on any atom is 0.0571 e. The predicted octanol–water partition coefficient (Wildman–Crippen LogP) is 3.48. The highest BCUT2D eigenvalue weighted by Crippen LogP contribution is 2.34. The molecule has 0 N–H and O–H groups in total. The zero-order valence-electron chi connectivity index (χ0n) is 9.55. The molecule has 0 amide bonds. The maximum absolute atomic E-state index is 5.38. The third kappa shape index (κ3) is 2.98. The van der Waals surface area contributed by atoms with Gasteiger partial charge in [0, 0.05) is 7.11 Å². The van der Waals surface area contributed by atoms with Crippen LogP contribution in [0.3, 0.4) is 0 Å². The van der Waals surface area contributed by atoms with E-state index in [1.807, 2.05) is 7.11 Å². The Bertz CT molecular complexity index is 134. The van der Waals surface area contributed by atoms with Gasteiger partial charge in [0.25, 0.3) is 0 Å². The molecule has 0 aromatic rings. The molecule has 1 rings (SSSR count). The van der Waals surface area contributed by atoms with Gasteiger partial charge in [-0.1, -0.05) is 20.8 Å². The first-order valence-electron chi connectivity index (χ1n) is 5.68. The van der Waals surface area contributed by atoms with E-state index in [4.69, 9.17) is 4.74 Å². The summed E-state index contributed by atoms with van der Waals surface area (Å²) in [5.41, 5.74) is 0. The van der Waals surface area contributed by atoms with Crippen LogP contribution >= 0.6 is 0 Å². The first kappa shape index (κ1) is 11.0. The van der Waals surface area contributed by atoms with Gasteiger partial charge in [-0.3, -0.25) is 0 Å². The van der Waals surface area contributed by atoms with Gasteiger partial charge in [-0.15, -0.1) is 0 Å². The van der Waals surface area contributed by atoms with Gasteiger partial charge in [0.05, 0.1) is 6.10 Å². The lowest BCUT2D eigenvalue weighted by Crippen LogP contribution is -2.26. The number of methoxy groups -OCH3 is 1. The Morgan fingerprint density at radius 2 is 1.54 bits per heavy atom. The number of hydrogen-bond acceptors (Lipinski definition) is 1. The molecule has 1 unspecified atom stereocenters. The molecule has 13 heavy (non-hydrogen) atoms. The van der Waals surface area contributed by atoms with Gasteiger partial charge in [-0.05, 0) is 43.4 Å². The van der Waals surface area contributed by atoms with Crippen LogP contribution in [-0.4, -0.2) is 13.2 Å². The van der Waals surface area contributed by atoms with Crippen molar-refractivity contribution in [1.29, 1.82) is 0 Å². The van der Waals surface area contributed by atoms with Crippen molar-refractivity contribution in [1.82, 2.24) is 0 Å². The highest BCUT2D eigenvalue weighted by Gasteiger charge is 2.26. The van der Waals surface area contributed by atoms with Gasteiger partial charge >= 0.3 is 0 Å². The van der Waals surface area contributed by atoms with Crippen LogP contribution in [0.2, 0.25) is 0 Å². The fraction of sp³-hybridized carbons (Fsp3) is 1.00. The highest BCUT2D eigenvalue weighted by atomic mass is 16.5. The Balaban J connectivity index is 2.32. The number of rotatable bonds is 3. The molecule has 1 heteroatoms. The molecule has 1 aliphatic carbocycles. The first-order chi connectivity index (χ1) is 6.15. The molecule has 0 bridgehead atoms. The molecule has 0 saturated heterocycles. The Morgan fingerprint density at radius 1 is 1.00 bits per heavy atom. The van der Waals surface area contributed by atoms with Crippen molar-refractivity contribution in [2.75, 3.05) is 7.11 Å². The summed E-state index contributed by atoms with van der Waals surface area (Å²) in [5, 5.41) is 0. The second-order valence-electron chi connectivity index (χ2n) is 4.88. The summed E-state index contributed by atoms with van der Waals surface area (Å²) < 4.78 is 5.38. The lowest BCUT2D eigenvalue weighted by Gasteiger charge is -2.33. The average molecular weight is 184 g/mol. The van der Waals surface area contributed by atoms with Crippen LogP contribution in [0.15, 0.2) is 0 Å². The van der Waals surface area contributed by atoms with E-state index in [0.29, 0.717) is 6.10 Å². The standard InChI is InChI=1S/C12H24O/c1-9(2)10(3)11-5-7-12(13-4)8-6-11/h9-12H,5-8H2,1-4H3. The van der Waals surface area contributed by atoms with Gasteiger partial charge in [-0.25, -0.2) is 0 Å². The summed E-state index contributed by atoms with van der Waals surface area (Å²) >= 11 is 0. The summed E-state index contributed by atoms with van der Waals surface area (Å²) in [6.45, 7) is 7.09. The maximum atomic E-state index is 5.38. The fourth-order valence-corrected chi connectivity index (χ4v) is 2.39. The Kier molecular flexibility index (Phi) is 4.24. The molecular formula is C12H24O. The van der Waals surface area contributed by atoms with Crippen molar-refractivity contribution < 1.29 is 4.74 Å². The van der Waals surface area contributed by atoms with Gasteiger partial charge in [-0.2, -0.15) is 0 Å². The molecule has 1 aliphatic rings. The fourth-order valence-electron chi connectivity index (χ4n) is 2.39. The van der Waals surface area contributed by atoms with Crippen LogP contribution in [0, 0.1) is 17.8 Å². The van der Waals surface area contributed by atoms with E-state index in [-0.39, 0.29) is 0 Å². The third-order valence-electron chi connectivity index (χ3n) is 3.85. The molecule has 0 aliphatic heterocycles. The topological polar surface area (TPSA) is 9.23 Å². The second kappa shape index (κ2) is 4.99. The zero-order valence-corrected chi connectivity index (χ0v) is 9.55. The van der Waals surface area contributed by atoms with Crippen LogP contribution in [0.5, 0.6) is 0 Å². The van der Waals surface area contributed by atoms with E-state index in [2.05, 4.69) is 20.8 Å².